The van der Waals surface area contributed by atoms with Crippen molar-refractivity contribution in [2.75, 3.05) is 5.73 Å². The van der Waals surface area contributed by atoms with Crippen LogP contribution in [0.15, 0.2) is 37.1 Å². The molecule has 0 atom stereocenters. The third-order valence-electron chi connectivity index (χ3n) is 0.989. The van der Waals surface area contributed by atoms with Gasteiger partial charge in [0.2, 0.25) is 0 Å². The van der Waals surface area contributed by atoms with E-state index in [2.05, 4.69) is 20.2 Å². The maximum atomic E-state index is 5.18. The number of hydrogen-bond acceptors (Lipinski definition) is 4. The van der Waals surface area contributed by atoms with Crippen molar-refractivity contribution in [1.82, 2.24) is 20.2 Å². The molecule has 3 N–H and O–H groups in total. The van der Waals surface area contributed by atoms with E-state index in [4.69, 9.17) is 5.73 Å². The number of hydrogen-bond donors (Lipinski definition) is 2. The highest BCUT2D eigenvalue weighted by Gasteiger charge is 1.74. The van der Waals surface area contributed by atoms with Crippen LogP contribution in [0.4, 0.5) is 5.82 Å². The Hall–Kier alpha value is -1.91. The fourth-order valence-corrected chi connectivity index (χ4v) is 0.526. The van der Waals surface area contributed by atoms with Crippen LogP contribution in [-0.4, -0.2) is 20.2 Å². The van der Waals surface area contributed by atoms with E-state index in [1.807, 2.05) is 6.07 Å². The Bertz CT molecular complexity index is 261. The van der Waals surface area contributed by atoms with Gasteiger partial charge in [-0.05, 0) is 6.07 Å². The van der Waals surface area contributed by atoms with Gasteiger partial charge < -0.3 is 5.73 Å². The molecule has 0 radical (unpaired) electrons. The topological polar surface area (TPSA) is 80.5 Å². The van der Waals surface area contributed by atoms with E-state index in [1.54, 1.807) is 24.8 Å². The minimum Gasteiger partial charge on any atom is -0.382 e. The molecule has 2 aromatic heterocycles. The monoisotopic (exact) mass is 163 g/mol. The smallest absolute Gasteiger partial charge is 0.141 e. The summed E-state index contributed by atoms with van der Waals surface area (Å²) < 4.78 is 0. The quantitative estimate of drug-likeness (QED) is 0.591. The highest BCUT2D eigenvalue weighted by Crippen LogP contribution is 1.84. The highest BCUT2D eigenvalue weighted by molar-refractivity contribution is 5.20. The fraction of sp³-hybridized carbons (Fsp3) is 0. The van der Waals surface area contributed by atoms with Crippen LogP contribution in [0.3, 0.4) is 0 Å². The van der Waals surface area contributed by atoms with E-state index in [1.165, 1.54) is 6.20 Å². The van der Waals surface area contributed by atoms with Gasteiger partial charge in [0, 0.05) is 24.8 Å². The van der Waals surface area contributed by atoms with E-state index < -0.39 is 0 Å². The van der Waals surface area contributed by atoms with Crippen molar-refractivity contribution >= 4 is 5.82 Å². The summed E-state index contributed by atoms with van der Waals surface area (Å²) in [4.78, 5) is 7.39. The van der Waals surface area contributed by atoms with Crippen LogP contribution in [0.5, 0.6) is 0 Å². The number of rotatable bonds is 0. The minimum absolute atomic E-state index is 0.461. The van der Waals surface area contributed by atoms with E-state index in [9.17, 15) is 0 Å². The third kappa shape index (κ3) is 3.31. The van der Waals surface area contributed by atoms with Crippen molar-refractivity contribution in [3.05, 3.63) is 37.1 Å². The average molecular weight is 163 g/mol. The Morgan fingerprint density at radius 1 is 1.25 bits per heavy atom. The van der Waals surface area contributed by atoms with Crippen molar-refractivity contribution in [3.63, 3.8) is 0 Å². The molecule has 0 aliphatic carbocycles. The molecule has 5 heteroatoms. The molecule has 0 fully saturated rings. The Kier molecular flexibility index (Phi) is 3.30. The molecule has 62 valence electrons. The summed E-state index contributed by atoms with van der Waals surface area (Å²) in [6.45, 7) is 0. The predicted octanol–water partition coefficient (Wildman–Crippen LogP) is 0.469. The molecule has 2 aromatic rings. The van der Waals surface area contributed by atoms with Gasteiger partial charge in [-0.25, -0.2) is 4.98 Å². The lowest BCUT2D eigenvalue weighted by molar-refractivity contribution is 1.09. The maximum Gasteiger partial charge on any atom is 0.141 e. The normalized spacial score (nSPS) is 8.33. The largest absolute Gasteiger partial charge is 0.382 e. The van der Waals surface area contributed by atoms with E-state index in [0.717, 1.165) is 0 Å². The SMILES string of the molecule is Nc1cnccn1.c1cn[nH]c1. The summed E-state index contributed by atoms with van der Waals surface area (Å²) in [5, 5.41) is 6.21. The molecule has 0 bridgehead atoms. The lowest BCUT2D eigenvalue weighted by Crippen LogP contribution is -1.87. The lowest BCUT2D eigenvalue weighted by atomic mass is 10.7. The number of nitrogens with one attached hydrogen (secondary N) is 1. The Labute approximate surface area is 69.7 Å². The Morgan fingerprint density at radius 3 is 2.42 bits per heavy atom. The summed E-state index contributed by atoms with van der Waals surface area (Å²) >= 11 is 0. The van der Waals surface area contributed by atoms with Gasteiger partial charge in [-0.2, -0.15) is 5.10 Å². The zero-order valence-corrected chi connectivity index (χ0v) is 6.38. The van der Waals surface area contributed by atoms with Gasteiger partial charge >= 0.3 is 0 Å². The molecule has 2 rings (SSSR count). The number of nitrogen functional groups attached to an aromatic ring is 1. The van der Waals surface area contributed by atoms with Crippen molar-refractivity contribution < 1.29 is 0 Å². The van der Waals surface area contributed by atoms with Crippen LogP contribution in [0.25, 0.3) is 0 Å². The molecule has 0 spiro atoms. The first-order chi connectivity index (χ1) is 5.89. The second kappa shape index (κ2) is 4.84. The first-order valence-electron chi connectivity index (χ1n) is 3.35. The second-order valence-corrected chi connectivity index (χ2v) is 1.90. The maximum absolute atomic E-state index is 5.18. The molecule has 0 amide bonds. The van der Waals surface area contributed by atoms with Gasteiger partial charge in [0.1, 0.15) is 5.82 Å². The number of aromatic amines is 1. The zero-order valence-electron chi connectivity index (χ0n) is 6.38. The number of nitrogens with two attached hydrogens (primary N) is 1. The minimum atomic E-state index is 0.461. The van der Waals surface area contributed by atoms with Gasteiger partial charge in [0.15, 0.2) is 0 Å². The molecule has 0 aromatic carbocycles. The van der Waals surface area contributed by atoms with E-state index >= 15 is 0 Å². The molecule has 12 heavy (non-hydrogen) atoms. The molecule has 0 aliphatic rings. The number of nitrogens with zero attached hydrogens (tertiary/aromatic N) is 3. The molecular weight excluding hydrogens is 154 g/mol. The first-order valence-corrected chi connectivity index (χ1v) is 3.35. The molecule has 0 saturated carbocycles. The number of H-pyrrole nitrogens is 1. The molecule has 2 heterocycles. The van der Waals surface area contributed by atoms with E-state index in [-0.39, 0.29) is 0 Å². The van der Waals surface area contributed by atoms with Crippen molar-refractivity contribution in [2.24, 2.45) is 0 Å². The van der Waals surface area contributed by atoms with Crippen molar-refractivity contribution in [2.45, 2.75) is 0 Å². The summed E-state index contributed by atoms with van der Waals surface area (Å²) in [6.07, 6.45) is 8.09. The van der Waals surface area contributed by atoms with Gasteiger partial charge in [-0.3, -0.25) is 10.1 Å². The van der Waals surface area contributed by atoms with Gasteiger partial charge in [0.25, 0.3) is 0 Å². The predicted molar refractivity (Wildman–Crippen MR) is 45.0 cm³/mol. The van der Waals surface area contributed by atoms with Crippen LogP contribution in [0.2, 0.25) is 0 Å². The van der Waals surface area contributed by atoms with Gasteiger partial charge in [0.05, 0.1) is 6.20 Å². The molecule has 0 saturated heterocycles. The van der Waals surface area contributed by atoms with Crippen LogP contribution in [0, 0.1) is 0 Å². The van der Waals surface area contributed by atoms with Crippen LogP contribution >= 0.6 is 0 Å². The number of anilines is 1. The molecule has 5 nitrogen and oxygen atoms in total. The van der Waals surface area contributed by atoms with E-state index in [0.29, 0.717) is 5.82 Å². The lowest BCUT2D eigenvalue weighted by Gasteiger charge is -1.82. The summed E-state index contributed by atoms with van der Waals surface area (Å²) in [7, 11) is 0. The van der Waals surface area contributed by atoms with Gasteiger partial charge in [-0.15, -0.1) is 0 Å². The van der Waals surface area contributed by atoms with Crippen molar-refractivity contribution in [1.29, 1.82) is 0 Å². The summed E-state index contributed by atoms with van der Waals surface area (Å²) in [6, 6.07) is 1.83. The third-order valence-corrected chi connectivity index (χ3v) is 0.989. The Morgan fingerprint density at radius 2 is 2.17 bits per heavy atom. The second-order valence-electron chi connectivity index (χ2n) is 1.90. The van der Waals surface area contributed by atoms with Crippen LogP contribution < -0.4 is 5.73 Å². The number of aromatic nitrogens is 4. The summed E-state index contributed by atoms with van der Waals surface area (Å²) in [5.41, 5.74) is 5.18. The standard InChI is InChI=1S/C4H5N3.C3H4N2/c5-4-3-6-1-2-7-4;1-2-4-5-3-1/h1-3H,(H2,5,7);1-3H,(H,4,5). The molecule has 0 aliphatic heterocycles. The van der Waals surface area contributed by atoms with Gasteiger partial charge in [-0.1, -0.05) is 0 Å². The zero-order chi connectivity index (χ0) is 8.65. The Balaban J connectivity index is 0.000000127. The van der Waals surface area contributed by atoms with Crippen LogP contribution in [0.1, 0.15) is 0 Å². The summed E-state index contributed by atoms with van der Waals surface area (Å²) in [5.74, 6) is 0.461. The first kappa shape index (κ1) is 8.19. The van der Waals surface area contributed by atoms with Crippen molar-refractivity contribution in [3.8, 4) is 0 Å². The fourth-order valence-electron chi connectivity index (χ4n) is 0.526. The molecular formula is C7H9N5. The highest BCUT2D eigenvalue weighted by atomic mass is 15.1. The van der Waals surface area contributed by atoms with Crippen LogP contribution in [-0.2, 0) is 0 Å². The average Bonchev–Trinajstić information content (AvgIpc) is 2.62. The molecule has 0 unspecified atom stereocenters.